The molecule has 2 N–H and O–H groups in total. The standard InChI is InChI=1S/C21H23ClF3N3O4/c1-11(29)26-7-8-27-20(31)28-13-4-6-17(28)18(19(30)32-2)14(10-13)12-3-5-16(22)15(9-12)21(23,24)25/h3,5,9,13,17H,4,6-8,10H2,1-2H3,(H,26,29)(H,27,31)/t13-,17+/m0/s1. The number of methoxy groups -OCH3 is 1. The number of alkyl halides is 3. The van der Waals surface area contributed by atoms with Crippen LogP contribution >= 0.6 is 11.6 Å². The number of fused-ring (bicyclic) bond motifs is 2. The number of hydrogen-bond donors (Lipinski definition) is 2. The number of urea groups is 1. The molecular formula is C21H23ClF3N3O4. The number of halogens is 4. The molecule has 0 radical (unpaired) electrons. The molecule has 7 nitrogen and oxygen atoms in total. The highest BCUT2D eigenvalue weighted by atomic mass is 35.5. The van der Waals surface area contributed by atoms with E-state index in [2.05, 4.69) is 10.6 Å². The molecule has 3 amide bonds. The maximum Gasteiger partial charge on any atom is 0.417 e. The van der Waals surface area contributed by atoms with Gasteiger partial charge in [0.05, 0.1) is 29.3 Å². The van der Waals surface area contributed by atoms with Crippen molar-refractivity contribution in [1.82, 2.24) is 15.5 Å². The van der Waals surface area contributed by atoms with Crippen molar-refractivity contribution in [3.05, 3.63) is 39.9 Å². The van der Waals surface area contributed by atoms with Crippen LogP contribution in [0.15, 0.2) is 23.8 Å². The van der Waals surface area contributed by atoms with Crippen molar-refractivity contribution in [2.24, 2.45) is 0 Å². The Morgan fingerprint density at radius 3 is 2.50 bits per heavy atom. The van der Waals surface area contributed by atoms with Gasteiger partial charge in [-0.25, -0.2) is 9.59 Å². The van der Waals surface area contributed by atoms with Gasteiger partial charge in [-0.2, -0.15) is 13.2 Å². The lowest BCUT2D eigenvalue weighted by Crippen LogP contribution is -2.51. The fraction of sp³-hybridized carbons (Fsp3) is 0.476. The van der Waals surface area contributed by atoms with Gasteiger partial charge in [0.15, 0.2) is 0 Å². The van der Waals surface area contributed by atoms with Crippen molar-refractivity contribution in [3.8, 4) is 0 Å². The van der Waals surface area contributed by atoms with E-state index in [0.717, 1.165) is 12.1 Å². The van der Waals surface area contributed by atoms with Crippen molar-refractivity contribution in [2.45, 2.75) is 44.4 Å². The Bertz CT molecular complexity index is 964. The summed E-state index contributed by atoms with van der Waals surface area (Å²) in [4.78, 5) is 38.0. The quantitative estimate of drug-likeness (QED) is 0.507. The van der Waals surface area contributed by atoms with E-state index >= 15 is 0 Å². The molecule has 2 aliphatic heterocycles. The molecular weight excluding hydrogens is 451 g/mol. The van der Waals surface area contributed by atoms with Crippen molar-refractivity contribution in [2.75, 3.05) is 20.2 Å². The monoisotopic (exact) mass is 473 g/mol. The molecule has 1 aromatic rings. The summed E-state index contributed by atoms with van der Waals surface area (Å²) in [5, 5.41) is 4.85. The molecule has 0 spiro atoms. The molecule has 2 atom stereocenters. The first-order chi connectivity index (χ1) is 15.0. The van der Waals surface area contributed by atoms with Gasteiger partial charge >= 0.3 is 18.2 Å². The molecule has 11 heteroatoms. The third-order valence-corrected chi connectivity index (χ3v) is 5.97. The number of rotatable bonds is 5. The largest absolute Gasteiger partial charge is 0.466 e. The van der Waals surface area contributed by atoms with Crippen molar-refractivity contribution >= 4 is 35.1 Å². The molecule has 2 heterocycles. The number of nitrogens with zero attached hydrogens (tertiary/aromatic N) is 1. The SMILES string of the molecule is COC(=O)C1=C(c2ccc(Cl)c(C(F)(F)F)c2)C[C@@H]2CC[C@H]1N2C(=O)NCCNC(C)=O. The second-order valence-corrected chi connectivity index (χ2v) is 8.06. The molecule has 0 aliphatic carbocycles. The zero-order valence-corrected chi connectivity index (χ0v) is 18.3. The number of esters is 1. The molecule has 3 rings (SSSR count). The second kappa shape index (κ2) is 9.40. The maximum absolute atomic E-state index is 13.4. The van der Waals surface area contributed by atoms with Crippen molar-refractivity contribution < 1.29 is 32.3 Å². The number of benzene rings is 1. The van der Waals surface area contributed by atoms with Crippen LogP contribution in [0.25, 0.3) is 5.57 Å². The molecule has 174 valence electrons. The zero-order valence-electron chi connectivity index (χ0n) is 17.5. The van der Waals surface area contributed by atoms with E-state index in [4.69, 9.17) is 16.3 Å². The Labute approximate surface area is 187 Å². The lowest BCUT2D eigenvalue weighted by molar-refractivity contribution is -0.137. The van der Waals surface area contributed by atoms with E-state index in [0.29, 0.717) is 18.4 Å². The minimum absolute atomic E-state index is 0.175. The number of hydrogen-bond acceptors (Lipinski definition) is 4. The maximum atomic E-state index is 13.4. The number of ether oxygens (including phenoxy) is 1. The Morgan fingerprint density at radius 1 is 1.19 bits per heavy atom. The summed E-state index contributed by atoms with van der Waals surface area (Å²) in [5.74, 6) is -0.913. The van der Waals surface area contributed by atoms with E-state index < -0.39 is 34.8 Å². The van der Waals surface area contributed by atoms with Gasteiger partial charge in [0.2, 0.25) is 5.91 Å². The smallest absolute Gasteiger partial charge is 0.417 e. The first kappa shape index (κ1) is 23.9. The summed E-state index contributed by atoms with van der Waals surface area (Å²) in [5.41, 5.74) is -0.161. The van der Waals surface area contributed by atoms with Gasteiger partial charge in [-0.1, -0.05) is 17.7 Å². The molecule has 0 aromatic heterocycles. The Morgan fingerprint density at radius 2 is 1.88 bits per heavy atom. The van der Waals surface area contributed by atoms with Gasteiger partial charge in [-0.3, -0.25) is 4.79 Å². The highest BCUT2D eigenvalue weighted by molar-refractivity contribution is 6.31. The molecule has 1 aromatic carbocycles. The number of carbonyl (C=O) groups is 3. The minimum atomic E-state index is -4.65. The third-order valence-electron chi connectivity index (χ3n) is 5.64. The van der Waals surface area contributed by atoms with Crippen LogP contribution in [0.4, 0.5) is 18.0 Å². The first-order valence-corrected chi connectivity index (χ1v) is 10.4. The molecule has 1 fully saturated rings. The van der Waals surface area contributed by atoms with Crippen LogP contribution in [0.5, 0.6) is 0 Å². The van der Waals surface area contributed by atoms with Crippen LogP contribution in [0.3, 0.4) is 0 Å². The van der Waals surface area contributed by atoms with Gasteiger partial charge in [-0.05, 0) is 42.5 Å². The molecule has 2 aliphatic rings. The topological polar surface area (TPSA) is 87.7 Å². The second-order valence-electron chi connectivity index (χ2n) is 7.65. The van der Waals surface area contributed by atoms with Crippen molar-refractivity contribution in [3.63, 3.8) is 0 Å². The van der Waals surface area contributed by atoms with Crippen LogP contribution < -0.4 is 10.6 Å². The summed E-state index contributed by atoms with van der Waals surface area (Å²) in [7, 11) is 1.19. The molecule has 2 bridgehead atoms. The lowest BCUT2D eigenvalue weighted by atomic mass is 9.87. The van der Waals surface area contributed by atoms with Crippen LogP contribution in [-0.2, 0) is 20.5 Å². The Balaban J connectivity index is 1.94. The predicted molar refractivity (Wildman–Crippen MR) is 111 cm³/mol. The number of carbonyl (C=O) groups excluding carboxylic acids is 3. The fourth-order valence-corrected chi connectivity index (χ4v) is 4.52. The molecule has 1 saturated heterocycles. The number of nitrogens with one attached hydrogen (secondary N) is 2. The van der Waals surface area contributed by atoms with Crippen LogP contribution in [-0.4, -0.2) is 55.1 Å². The van der Waals surface area contributed by atoms with Crippen molar-refractivity contribution in [1.29, 1.82) is 0 Å². The van der Waals surface area contributed by atoms with Gasteiger partial charge in [-0.15, -0.1) is 0 Å². The molecule has 32 heavy (non-hydrogen) atoms. The first-order valence-electron chi connectivity index (χ1n) is 10.0. The summed E-state index contributed by atoms with van der Waals surface area (Å²) in [6.45, 7) is 1.81. The summed E-state index contributed by atoms with van der Waals surface area (Å²) in [6.07, 6.45) is -3.36. The van der Waals surface area contributed by atoms with E-state index in [-0.39, 0.29) is 42.6 Å². The van der Waals surface area contributed by atoms with E-state index in [1.165, 1.54) is 20.1 Å². The van der Waals surface area contributed by atoms with Gasteiger partial charge in [0, 0.05) is 26.1 Å². The fourth-order valence-electron chi connectivity index (χ4n) is 4.29. The number of amides is 3. The van der Waals surface area contributed by atoms with Crippen LogP contribution in [0, 0.1) is 0 Å². The zero-order chi connectivity index (χ0) is 23.6. The minimum Gasteiger partial charge on any atom is -0.466 e. The Kier molecular flexibility index (Phi) is 7.02. The third kappa shape index (κ3) is 4.85. The molecule has 0 saturated carbocycles. The highest BCUT2D eigenvalue weighted by Crippen LogP contribution is 2.45. The van der Waals surface area contributed by atoms with Crippen LogP contribution in [0.1, 0.15) is 37.3 Å². The highest BCUT2D eigenvalue weighted by Gasteiger charge is 2.47. The van der Waals surface area contributed by atoms with E-state index in [9.17, 15) is 27.6 Å². The summed E-state index contributed by atoms with van der Waals surface area (Å²) in [6, 6.07) is 2.22. The van der Waals surface area contributed by atoms with E-state index in [1.54, 1.807) is 4.90 Å². The average Bonchev–Trinajstić information content (AvgIpc) is 3.03. The average molecular weight is 474 g/mol. The normalized spacial score (nSPS) is 20.2. The van der Waals surface area contributed by atoms with Gasteiger partial charge in [0.25, 0.3) is 0 Å². The predicted octanol–water partition coefficient (Wildman–Crippen LogP) is 3.37. The van der Waals surface area contributed by atoms with Gasteiger partial charge in [0.1, 0.15) is 0 Å². The molecule has 0 unspecified atom stereocenters. The Hall–Kier alpha value is -2.75. The van der Waals surface area contributed by atoms with Gasteiger partial charge < -0.3 is 20.3 Å². The summed E-state index contributed by atoms with van der Waals surface area (Å²) < 4.78 is 45.0. The van der Waals surface area contributed by atoms with Crippen LogP contribution in [0.2, 0.25) is 5.02 Å². The summed E-state index contributed by atoms with van der Waals surface area (Å²) >= 11 is 5.75. The lowest BCUT2D eigenvalue weighted by Gasteiger charge is -2.37. The van der Waals surface area contributed by atoms with E-state index in [1.807, 2.05) is 0 Å².